The Kier molecular flexibility index (Phi) is 6.55. The normalized spacial score (nSPS) is 26.3. The van der Waals surface area contributed by atoms with Gasteiger partial charge in [0.1, 0.15) is 0 Å². The minimum absolute atomic E-state index is 0.0537. The third-order valence-corrected chi connectivity index (χ3v) is 7.44. The van der Waals surface area contributed by atoms with Crippen LogP contribution in [0.15, 0.2) is 29.2 Å². The lowest BCUT2D eigenvalue weighted by Crippen LogP contribution is -2.46. The van der Waals surface area contributed by atoms with E-state index in [1.54, 1.807) is 24.3 Å². The predicted octanol–water partition coefficient (Wildman–Crippen LogP) is 1.89. The second-order valence-corrected chi connectivity index (χ2v) is 9.76. The molecule has 1 aromatic rings. The van der Waals surface area contributed by atoms with Crippen LogP contribution in [0.2, 0.25) is 0 Å². The van der Waals surface area contributed by atoms with Crippen molar-refractivity contribution in [1.29, 1.82) is 0 Å². The number of benzene rings is 1. The smallest absolute Gasteiger partial charge is 0.240 e. The zero-order chi connectivity index (χ0) is 19.4. The number of hydrogen-bond acceptors (Lipinski definition) is 4. The second-order valence-electron chi connectivity index (χ2n) is 7.99. The van der Waals surface area contributed by atoms with E-state index in [0.29, 0.717) is 25.6 Å². The zero-order valence-corrected chi connectivity index (χ0v) is 16.9. The van der Waals surface area contributed by atoms with Gasteiger partial charge in [-0.15, -0.1) is 0 Å². The van der Waals surface area contributed by atoms with Crippen molar-refractivity contribution in [2.75, 3.05) is 26.2 Å². The highest BCUT2D eigenvalue weighted by Crippen LogP contribution is 2.33. The second kappa shape index (κ2) is 8.71. The number of hydrogen-bond donors (Lipinski definition) is 2. The van der Waals surface area contributed by atoms with Crippen molar-refractivity contribution in [1.82, 2.24) is 9.62 Å². The number of aryl methyl sites for hydroxylation is 1. The fourth-order valence-corrected chi connectivity index (χ4v) is 5.45. The Bertz CT molecular complexity index is 748. The quantitative estimate of drug-likeness (QED) is 0.772. The summed E-state index contributed by atoms with van der Waals surface area (Å²) in [6, 6.07) is 6.85. The van der Waals surface area contributed by atoms with Gasteiger partial charge >= 0.3 is 0 Å². The van der Waals surface area contributed by atoms with Crippen LogP contribution in [0, 0.1) is 24.7 Å². The van der Waals surface area contributed by atoms with E-state index in [-0.39, 0.29) is 22.6 Å². The monoisotopic (exact) mass is 393 g/mol. The summed E-state index contributed by atoms with van der Waals surface area (Å²) < 4.78 is 27.7. The summed E-state index contributed by atoms with van der Waals surface area (Å²) in [7, 11) is -3.51. The number of sulfonamides is 1. The van der Waals surface area contributed by atoms with E-state index >= 15 is 0 Å². The molecule has 0 spiro atoms. The minimum Gasteiger partial charge on any atom is -0.342 e. The first-order chi connectivity index (χ1) is 12.9. The molecule has 6 nitrogen and oxygen atoms in total. The molecule has 150 valence electrons. The van der Waals surface area contributed by atoms with Crippen molar-refractivity contribution >= 4 is 15.9 Å². The number of carbonyl (C=O) groups is 1. The molecule has 1 heterocycles. The third-order valence-electron chi connectivity index (χ3n) is 6.00. The first kappa shape index (κ1) is 20.3. The standard InChI is InChI=1S/C20H31N3O3S/c1-15-7-9-18(10-8-15)27(25,26)22-13-16-4-3-11-23(14-16)20(24)19-6-2-5-17(19)12-21/h7-10,16-17,19,22H,2-6,11-14,21H2,1H3/t16?,17-,19-/m1/s1. The van der Waals surface area contributed by atoms with E-state index in [1.807, 2.05) is 11.8 Å². The largest absolute Gasteiger partial charge is 0.342 e. The van der Waals surface area contributed by atoms with Gasteiger partial charge in [0.2, 0.25) is 15.9 Å². The van der Waals surface area contributed by atoms with Crippen molar-refractivity contribution in [3.05, 3.63) is 29.8 Å². The lowest BCUT2D eigenvalue weighted by Gasteiger charge is -2.35. The number of piperidine rings is 1. The number of likely N-dealkylation sites (tertiary alicyclic amines) is 1. The van der Waals surface area contributed by atoms with Gasteiger partial charge in [-0.3, -0.25) is 4.79 Å². The molecule has 1 aromatic carbocycles. The van der Waals surface area contributed by atoms with Crippen LogP contribution in [-0.2, 0) is 14.8 Å². The van der Waals surface area contributed by atoms with Crippen molar-refractivity contribution < 1.29 is 13.2 Å². The fraction of sp³-hybridized carbons (Fsp3) is 0.650. The van der Waals surface area contributed by atoms with Crippen LogP contribution < -0.4 is 10.5 Å². The molecule has 7 heteroatoms. The maximum Gasteiger partial charge on any atom is 0.240 e. The van der Waals surface area contributed by atoms with Gasteiger partial charge in [0.25, 0.3) is 0 Å². The SMILES string of the molecule is Cc1ccc(S(=O)(=O)NCC2CCCN(C(=O)[C@@H]3CCC[C@@H]3CN)C2)cc1. The van der Waals surface area contributed by atoms with Crippen molar-refractivity contribution in [3.8, 4) is 0 Å². The Morgan fingerprint density at radius 2 is 1.93 bits per heavy atom. The van der Waals surface area contributed by atoms with Crippen LogP contribution in [0.5, 0.6) is 0 Å². The molecular weight excluding hydrogens is 362 g/mol. The van der Waals surface area contributed by atoms with E-state index < -0.39 is 10.0 Å². The Morgan fingerprint density at radius 3 is 2.63 bits per heavy atom. The van der Waals surface area contributed by atoms with Gasteiger partial charge < -0.3 is 10.6 Å². The summed E-state index contributed by atoms with van der Waals surface area (Å²) in [5.74, 6) is 0.727. The van der Waals surface area contributed by atoms with Crippen LogP contribution >= 0.6 is 0 Å². The summed E-state index contributed by atoms with van der Waals surface area (Å²) in [5, 5.41) is 0. The van der Waals surface area contributed by atoms with Crippen molar-refractivity contribution in [2.45, 2.75) is 43.9 Å². The maximum atomic E-state index is 12.9. The molecule has 2 fully saturated rings. The molecule has 3 N–H and O–H groups in total. The average molecular weight is 394 g/mol. The average Bonchev–Trinajstić information content (AvgIpc) is 3.15. The topological polar surface area (TPSA) is 92.5 Å². The lowest BCUT2D eigenvalue weighted by molar-refractivity contribution is -0.138. The van der Waals surface area contributed by atoms with Crippen LogP contribution in [0.4, 0.5) is 0 Å². The molecule has 1 aliphatic carbocycles. The summed E-state index contributed by atoms with van der Waals surface area (Å²) >= 11 is 0. The number of carbonyl (C=O) groups excluding carboxylic acids is 1. The van der Waals surface area contributed by atoms with Gasteiger partial charge in [-0.05, 0) is 63.1 Å². The van der Waals surface area contributed by atoms with E-state index in [4.69, 9.17) is 5.73 Å². The number of amides is 1. The van der Waals surface area contributed by atoms with E-state index in [0.717, 1.165) is 44.2 Å². The molecular formula is C20H31N3O3S. The third kappa shape index (κ3) is 4.89. The fourth-order valence-electron chi connectivity index (χ4n) is 4.34. The molecule has 0 aromatic heterocycles. The summed E-state index contributed by atoms with van der Waals surface area (Å²) in [5.41, 5.74) is 6.86. The van der Waals surface area contributed by atoms with Crippen LogP contribution in [0.25, 0.3) is 0 Å². The molecule has 1 saturated carbocycles. The van der Waals surface area contributed by atoms with Crippen LogP contribution in [-0.4, -0.2) is 45.4 Å². The number of nitrogens with two attached hydrogens (primary N) is 1. The zero-order valence-electron chi connectivity index (χ0n) is 16.1. The lowest BCUT2D eigenvalue weighted by atomic mass is 9.92. The molecule has 1 aliphatic heterocycles. The van der Waals surface area contributed by atoms with Gasteiger partial charge in [0.15, 0.2) is 0 Å². The Hall–Kier alpha value is -1.44. The van der Waals surface area contributed by atoms with Gasteiger partial charge in [-0.25, -0.2) is 13.1 Å². The maximum absolute atomic E-state index is 12.9. The highest BCUT2D eigenvalue weighted by molar-refractivity contribution is 7.89. The van der Waals surface area contributed by atoms with Gasteiger partial charge in [0.05, 0.1) is 4.90 Å². The van der Waals surface area contributed by atoms with Gasteiger partial charge in [-0.2, -0.15) is 0 Å². The Balaban J connectivity index is 1.56. The Morgan fingerprint density at radius 1 is 1.19 bits per heavy atom. The molecule has 1 amide bonds. The number of rotatable bonds is 6. The number of nitrogens with zero attached hydrogens (tertiary/aromatic N) is 1. The first-order valence-corrected chi connectivity index (χ1v) is 11.4. The van der Waals surface area contributed by atoms with Gasteiger partial charge in [-0.1, -0.05) is 24.1 Å². The van der Waals surface area contributed by atoms with E-state index in [9.17, 15) is 13.2 Å². The van der Waals surface area contributed by atoms with E-state index in [1.165, 1.54) is 0 Å². The summed E-state index contributed by atoms with van der Waals surface area (Å²) in [6.45, 7) is 4.27. The molecule has 2 aliphatic rings. The highest BCUT2D eigenvalue weighted by Gasteiger charge is 2.36. The van der Waals surface area contributed by atoms with Crippen LogP contribution in [0.1, 0.15) is 37.7 Å². The van der Waals surface area contributed by atoms with Gasteiger partial charge in [0, 0.05) is 25.6 Å². The summed E-state index contributed by atoms with van der Waals surface area (Å²) in [4.78, 5) is 15.1. The summed E-state index contributed by atoms with van der Waals surface area (Å²) in [6.07, 6.45) is 4.90. The minimum atomic E-state index is -3.51. The molecule has 0 radical (unpaired) electrons. The highest BCUT2D eigenvalue weighted by atomic mass is 32.2. The van der Waals surface area contributed by atoms with Crippen LogP contribution in [0.3, 0.4) is 0 Å². The molecule has 3 rings (SSSR count). The number of nitrogens with one attached hydrogen (secondary N) is 1. The molecule has 27 heavy (non-hydrogen) atoms. The first-order valence-electron chi connectivity index (χ1n) is 9.96. The molecule has 1 unspecified atom stereocenters. The molecule has 0 bridgehead atoms. The predicted molar refractivity (Wildman–Crippen MR) is 106 cm³/mol. The Labute approximate surface area is 162 Å². The van der Waals surface area contributed by atoms with Crippen molar-refractivity contribution in [3.63, 3.8) is 0 Å². The van der Waals surface area contributed by atoms with E-state index in [2.05, 4.69) is 4.72 Å². The van der Waals surface area contributed by atoms with Crippen molar-refractivity contribution in [2.24, 2.45) is 23.5 Å². The molecule has 1 saturated heterocycles. The molecule has 3 atom stereocenters.